The summed E-state index contributed by atoms with van der Waals surface area (Å²) in [6.07, 6.45) is 2.07. The summed E-state index contributed by atoms with van der Waals surface area (Å²) in [7, 11) is 2.09. The van der Waals surface area contributed by atoms with Crippen molar-refractivity contribution < 1.29 is 9.84 Å². The van der Waals surface area contributed by atoms with Gasteiger partial charge in [-0.25, -0.2) is 0 Å². The average Bonchev–Trinajstić information content (AvgIpc) is 2.49. The molecule has 126 valence electrons. The molecule has 1 unspecified atom stereocenters. The molecule has 1 aliphatic heterocycles. The maximum atomic E-state index is 10.0. The van der Waals surface area contributed by atoms with E-state index < -0.39 is 6.10 Å². The summed E-state index contributed by atoms with van der Waals surface area (Å²) >= 11 is 0. The second-order valence-electron chi connectivity index (χ2n) is 6.07. The summed E-state index contributed by atoms with van der Waals surface area (Å²) in [6.45, 7) is 4.96. The van der Waals surface area contributed by atoms with Crippen LogP contribution in [0.4, 0.5) is 0 Å². The molecule has 1 heterocycles. The van der Waals surface area contributed by atoms with Crippen LogP contribution in [-0.2, 0) is 11.3 Å². The van der Waals surface area contributed by atoms with Gasteiger partial charge < -0.3 is 20.1 Å². The van der Waals surface area contributed by atoms with Crippen LogP contribution in [0.2, 0.25) is 0 Å². The zero-order chi connectivity index (χ0) is 14.9. The van der Waals surface area contributed by atoms with Gasteiger partial charge in [0.2, 0.25) is 0 Å². The van der Waals surface area contributed by atoms with Crippen molar-refractivity contribution in [3.8, 4) is 0 Å². The Balaban J connectivity index is 0.00000242. The van der Waals surface area contributed by atoms with E-state index in [1.54, 1.807) is 0 Å². The van der Waals surface area contributed by atoms with E-state index in [0.29, 0.717) is 19.8 Å². The van der Waals surface area contributed by atoms with E-state index in [9.17, 15) is 5.11 Å². The molecule has 1 aromatic carbocycles. The minimum Gasteiger partial charge on any atom is -0.389 e. The van der Waals surface area contributed by atoms with E-state index in [4.69, 9.17) is 4.74 Å². The molecule has 22 heavy (non-hydrogen) atoms. The maximum absolute atomic E-state index is 10.0. The molecule has 0 aliphatic carbocycles. The van der Waals surface area contributed by atoms with Gasteiger partial charge in [0.25, 0.3) is 0 Å². The van der Waals surface area contributed by atoms with Gasteiger partial charge in [-0.15, -0.1) is 12.4 Å². The summed E-state index contributed by atoms with van der Waals surface area (Å²) in [6, 6.07) is 10.1. The van der Waals surface area contributed by atoms with Crippen molar-refractivity contribution >= 4 is 12.4 Å². The number of ether oxygens (including phenoxy) is 1. The normalized spacial score (nSPS) is 17.2. The second-order valence-corrected chi connectivity index (χ2v) is 6.07. The summed E-state index contributed by atoms with van der Waals surface area (Å²) in [5.41, 5.74) is 1.15. The van der Waals surface area contributed by atoms with E-state index in [-0.39, 0.29) is 12.4 Å². The molecule has 1 fully saturated rings. The van der Waals surface area contributed by atoms with Gasteiger partial charge in [-0.2, -0.15) is 0 Å². The molecule has 5 heteroatoms. The van der Waals surface area contributed by atoms with Crippen molar-refractivity contribution in [3.05, 3.63) is 35.9 Å². The van der Waals surface area contributed by atoms with Crippen LogP contribution in [0.25, 0.3) is 0 Å². The van der Waals surface area contributed by atoms with E-state index in [2.05, 4.69) is 17.3 Å². The molecule has 2 N–H and O–H groups in total. The number of hydrogen-bond donors (Lipinski definition) is 2. The molecule has 0 aromatic heterocycles. The van der Waals surface area contributed by atoms with Gasteiger partial charge in [0.15, 0.2) is 0 Å². The van der Waals surface area contributed by atoms with Gasteiger partial charge >= 0.3 is 0 Å². The Kier molecular flexibility index (Phi) is 9.68. The average molecular weight is 329 g/mol. The standard InChI is InChI=1S/C17H28N2O2.ClH/c1-19(11-15-7-9-18-10-8-15)12-17(20)14-21-13-16-5-3-2-4-6-16;/h2-6,15,17-18,20H,7-14H2,1H3;1H. The quantitative estimate of drug-likeness (QED) is 0.765. The Morgan fingerprint density at radius 2 is 1.95 bits per heavy atom. The van der Waals surface area contributed by atoms with Crippen molar-refractivity contribution in [3.63, 3.8) is 0 Å². The van der Waals surface area contributed by atoms with E-state index in [0.717, 1.165) is 31.1 Å². The third kappa shape index (κ3) is 7.56. The molecule has 0 radical (unpaired) electrons. The lowest BCUT2D eigenvalue weighted by Crippen LogP contribution is -2.38. The Morgan fingerprint density at radius 1 is 1.27 bits per heavy atom. The maximum Gasteiger partial charge on any atom is 0.0900 e. The first-order valence-electron chi connectivity index (χ1n) is 7.93. The fourth-order valence-electron chi connectivity index (χ4n) is 2.88. The number of halogens is 1. The zero-order valence-electron chi connectivity index (χ0n) is 13.4. The molecule has 1 aliphatic rings. The first kappa shape index (κ1) is 19.4. The predicted molar refractivity (Wildman–Crippen MR) is 92.4 cm³/mol. The first-order valence-corrected chi connectivity index (χ1v) is 7.93. The molecular weight excluding hydrogens is 300 g/mol. The Hall–Kier alpha value is -0.650. The highest BCUT2D eigenvalue weighted by molar-refractivity contribution is 5.85. The van der Waals surface area contributed by atoms with Crippen LogP contribution in [0.3, 0.4) is 0 Å². The van der Waals surface area contributed by atoms with E-state index >= 15 is 0 Å². The van der Waals surface area contributed by atoms with Crippen LogP contribution < -0.4 is 5.32 Å². The molecule has 1 atom stereocenters. The van der Waals surface area contributed by atoms with Gasteiger partial charge in [0, 0.05) is 13.1 Å². The minimum absolute atomic E-state index is 0. The van der Waals surface area contributed by atoms with Crippen molar-refractivity contribution in [1.82, 2.24) is 10.2 Å². The lowest BCUT2D eigenvalue weighted by Gasteiger charge is -2.28. The highest BCUT2D eigenvalue weighted by Gasteiger charge is 2.16. The van der Waals surface area contributed by atoms with E-state index in [1.807, 2.05) is 30.3 Å². The molecule has 0 bridgehead atoms. The van der Waals surface area contributed by atoms with Crippen molar-refractivity contribution in [2.75, 3.05) is 39.8 Å². The first-order chi connectivity index (χ1) is 10.2. The van der Waals surface area contributed by atoms with Gasteiger partial charge in [0.1, 0.15) is 0 Å². The molecule has 1 aromatic rings. The van der Waals surface area contributed by atoms with Crippen LogP contribution in [0.1, 0.15) is 18.4 Å². The monoisotopic (exact) mass is 328 g/mol. The molecular formula is C17H29ClN2O2. The van der Waals surface area contributed by atoms with Gasteiger partial charge in [0.05, 0.1) is 19.3 Å². The molecule has 0 spiro atoms. The number of hydrogen-bond acceptors (Lipinski definition) is 4. The number of aliphatic hydroxyl groups is 1. The summed E-state index contributed by atoms with van der Waals surface area (Å²) in [5, 5.41) is 13.4. The minimum atomic E-state index is -0.416. The van der Waals surface area contributed by atoms with Crippen LogP contribution in [0.15, 0.2) is 30.3 Å². The smallest absolute Gasteiger partial charge is 0.0900 e. The van der Waals surface area contributed by atoms with Gasteiger partial charge in [-0.1, -0.05) is 30.3 Å². The number of nitrogens with one attached hydrogen (secondary N) is 1. The number of rotatable bonds is 8. The van der Waals surface area contributed by atoms with Crippen molar-refractivity contribution in [2.24, 2.45) is 5.92 Å². The Labute approximate surface area is 140 Å². The molecule has 1 saturated heterocycles. The predicted octanol–water partition coefficient (Wildman–Crippen LogP) is 1.92. The fraction of sp³-hybridized carbons (Fsp3) is 0.647. The van der Waals surface area contributed by atoms with Crippen molar-refractivity contribution in [1.29, 1.82) is 0 Å². The number of nitrogens with zero attached hydrogens (tertiary/aromatic N) is 1. The molecule has 2 rings (SSSR count). The van der Waals surface area contributed by atoms with Gasteiger partial charge in [-0.05, 0) is 44.5 Å². The van der Waals surface area contributed by atoms with Gasteiger partial charge in [-0.3, -0.25) is 0 Å². The zero-order valence-corrected chi connectivity index (χ0v) is 14.2. The lowest BCUT2D eigenvalue weighted by molar-refractivity contribution is 0.0112. The molecule has 0 amide bonds. The third-order valence-corrected chi connectivity index (χ3v) is 3.97. The third-order valence-electron chi connectivity index (χ3n) is 3.97. The number of likely N-dealkylation sites (N-methyl/N-ethyl adjacent to an activating group) is 1. The highest BCUT2D eigenvalue weighted by atomic mass is 35.5. The number of piperidine rings is 1. The topological polar surface area (TPSA) is 44.7 Å². The fourth-order valence-corrected chi connectivity index (χ4v) is 2.88. The summed E-state index contributed by atoms with van der Waals surface area (Å²) in [5.74, 6) is 0.758. The van der Waals surface area contributed by atoms with Crippen LogP contribution in [-0.4, -0.2) is 55.9 Å². The largest absolute Gasteiger partial charge is 0.389 e. The molecule has 0 saturated carbocycles. The lowest BCUT2D eigenvalue weighted by atomic mass is 9.97. The van der Waals surface area contributed by atoms with E-state index in [1.165, 1.54) is 12.8 Å². The second kappa shape index (κ2) is 11.0. The van der Waals surface area contributed by atoms with Crippen LogP contribution in [0, 0.1) is 5.92 Å². The van der Waals surface area contributed by atoms with Crippen LogP contribution >= 0.6 is 12.4 Å². The number of aliphatic hydroxyl groups excluding tert-OH is 1. The Morgan fingerprint density at radius 3 is 2.64 bits per heavy atom. The van der Waals surface area contributed by atoms with Crippen LogP contribution in [0.5, 0.6) is 0 Å². The van der Waals surface area contributed by atoms with Crippen molar-refractivity contribution in [2.45, 2.75) is 25.6 Å². The molecule has 4 nitrogen and oxygen atoms in total. The SMILES string of the molecule is CN(CC(O)COCc1ccccc1)CC1CCNCC1.Cl. The summed E-state index contributed by atoms with van der Waals surface area (Å²) < 4.78 is 5.59. The Bertz CT molecular complexity index is 386. The number of benzene rings is 1. The highest BCUT2D eigenvalue weighted by Crippen LogP contribution is 2.12. The summed E-state index contributed by atoms with van der Waals surface area (Å²) in [4.78, 5) is 2.23.